The van der Waals surface area contributed by atoms with Crippen LogP contribution < -0.4 is 15.4 Å². The zero-order chi connectivity index (χ0) is 21.8. The number of ether oxygens (including phenoxy) is 1. The number of fused-ring (bicyclic) bond motifs is 1. The Bertz CT molecular complexity index is 1230. The van der Waals surface area contributed by atoms with Crippen LogP contribution in [0.4, 0.5) is 0 Å². The van der Waals surface area contributed by atoms with E-state index in [0.29, 0.717) is 17.9 Å². The molecule has 0 saturated heterocycles. The predicted octanol–water partition coefficient (Wildman–Crippen LogP) is 3.23. The number of hydrogen-bond donors (Lipinski definition) is 2. The predicted molar refractivity (Wildman–Crippen MR) is 123 cm³/mol. The summed E-state index contributed by atoms with van der Waals surface area (Å²) in [6.07, 6.45) is 0.780. The van der Waals surface area contributed by atoms with Crippen molar-refractivity contribution >= 4 is 39.5 Å². The fourth-order valence-corrected chi connectivity index (χ4v) is 4.02. The molecule has 0 spiro atoms. The molecular weight excluding hydrogens is 432 g/mol. The molecule has 0 atom stereocenters. The number of aromatic nitrogens is 4. The lowest BCUT2D eigenvalue weighted by Crippen LogP contribution is -2.38. The summed E-state index contributed by atoms with van der Waals surface area (Å²) in [5.41, 5.74) is 2.46. The Balaban J connectivity index is 1.36. The third-order valence-corrected chi connectivity index (χ3v) is 5.80. The van der Waals surface area contributed by atoms with Crippen molar-refractivity contribution in [3.63, 3.8) is 0 Å². The number of rotatable bonds is 6. The molecule has 0 unspecified atom stereocenters. The first-order valence-corrected chi connectivity index (χ1v) is 10.8. The topological polar surface area (TPSA) is 93.4 Å². The van der Waals surface area contributed by atoms with Gasteiger partial charge < -0.3 is 10.1 Å². The van der Waals surface area contributed by atoms with Gasteiger partial charge in [0.05, 0.1) is 12.7 Å². The molecule has 1 amide bonds. The van der Waals surface area contributed by atoms with Gasteiger partial charge in [-0.25, -0.2) is 0 Å². The fraction of sp³-hybridized carbons (Fsp3) is 0.190. The van der Waals surface area contributed by atoms with Crippen LogP contribution in [0.15, 0.2) is 48.5 Å². The maximum Gasteiger partial charge on any atom is 0.261 e. The Labute approximate surface area is 188 Å². The molecular formula is C21H20N6O2S2. The van der Waals surface area contributed by atoms with E-state index in [-0.39, 0.29) is 11.0 Å². The highest BCUT2D eigenvalue weighted by Gasteiger charge is 2.13. The van der Waals surface area contributed by atoms with Gasteiger partial charge in [0.25, 0.3) is 5.91 Å². The third-order valence-electron chi connectivity index (χ3n) is 4.60. The Kier molecular flexibility index (Phi) is 6.19. The number of benzene rings is 2. The number of nitrogens with one attached hydrogen (secondary N) is 2. The summed E-state index contributed by atoms with van der Waals surface area (Å²) in [7, 11) is 1.52. The summed E-state index contributed by atoms with van der Waals surface area (Å²) in [6.45, 7) is 2.51. The second-order valence-electron chi connectivity index (χ2n) is 6.61. The number of hydrogen-bond acceptors (Lipinski definition) is 7. The smallest absolute Gasteiger partial charge is 0.261 e. The van der Waals surface area contributed by atoms with Crippen LogP contribution in [0.3, 0.4) is 0 Å². The summed E-state index contributed by atoms with van der Waals surface area (Å²) >= 11 is 6.76. The minimum atomic E-state index is -0.319. The van der Waals surface area contributed by atoms with Crippen molar-refractivity contribution < 1.29 is 9.53 Å². The van der Waals surface area contributed by atoms with Gasteiger partial charge in [0, 0.05) is 18.5 Å². The number of para-hydroxylation sites is 1. The Morgan fingerprint density at radius 2 is 1.94 bits per heavy atom. The second kappa shape index (κ2) is 9.19. The van der Waals surface area contributed by atoms with Crippen LogP contribution in [-0.4, -0.2) is 37.9 Å². The number of carbonyl (C=O) groups is 1. The van der Waals surface area contributed by atoms with Gasteiger partial charge in [0.1, 0.15) is 10.8 Å². The zero-order valence-corrected chi connectivity index (χ0v) is 18.6. The number of nitrogens with zero attached hydrogens (tertiary/aromatic N) is 4. The molecule has 4 rings (SSSR count). The molecule has 0 aliphatic carbocycles. The van der Waals surface area contributed by atoms with Crippen molar-refractivity contribution in [2.24, 2.45) is 0 Å². The summed E-state index contributed by atoms with van der Waals surface area (Å²) in [5, 5.41) is 19.8. The number of methoxy groups -OCH3 is 1. The highest BCUT2D eigenvalue weighted by atomic mass is 32.1. The quantitative estimate of drug-likeness (QED) is 0.434. The average Bonchev–Trinajstić information content (AvgIpc) is 3.38. The molecule has 0 aliphatic heterocycles. The summed E-state index contributed by atoms with van der Waals surface area (Å²) in [6, 6.07) is 15.0. The van der Waals surface area contributed by atoms with E-state index < -0.39 is 0 Å². The van der Waals surface area contributed by atoms with Crippen LogP contribution in [0, 0.1) is 0 Å². The van der Waals surface area contributed by atoms with Gasteiger partial charge >= 0.3 is 0 Å². The highest BCUT2D eigenvalue weighted by Crippen LogP contribution is 2.25. The molecule has 0 fully saturated rings. The van der Waals surface area contributed by atoms with Crippen LogP contribution in [0.1, 0.15) is 28.7 Å². The maximum absolute atomic E-state index is 12.4. The summed E-state index contributed by atoms with van der Waals surface area (Å²) in [5.74, 6) is 1.02. The van der Waals surface area contributed by atoms with Gasteiger partial charge in [-0.1, -0.05) is 54.7 Å². The second-order valence-corrected chi connectivity index (χ2v) is 7.97. The first-order valence-electron chi connectivity index (χ1n) is 9.61. The molecule has 0 bridgehead atoms. The number of carbonyl (C=O) groups excluding carboxylic acids is 1. The lowest BCUT2D eigenvalue weighted by atomic mass is 10.1. The van der Waals surface area contributed by atoms with Crippen molar-refractivity contribution in [2.75, 3.05) is 7.11 Å². The largest absolute Gasteiger partial charge is 0.496 e. The maximum atomic E-state index is 12.4. The summed E-state index contributed by atoms with van der Waals surface area (Å²) < 4.78 is 7.00. The first kappa shape index (κ1) is 20.9. The van der Waals surface area contributed by atoms with E-state index in [4.69, 9.17) is 17.0 Å². The standard InChI is InChI=1S/C21H20N6O2S2/c1-3-17-24-25-21-27(17)26-19(31-21)14-10-8-13(9-11-14)12-22-20(30)23-18(28)15-6-4-5-7-16(15)29-2/h4-11H,3,12H2,1-2H3,(H2,22,23,28,30). The molecule has 2 N–H and O–H groups in total. The van der Waals surface area contributed by atoms with Gasteiger partial charge in [-0.15, -0.1) is 10.2 Å². The van der Waals surface area contributed by atoms with Gasteiger partial charge in [-0.2, -0.15) is 9.61 Å². The molecule has 2 heterocycles. The van der Waals surface area contributed by atoms with E-state index >= 15 is 0 Å². The molecule has 31 heavy (non-hydrogen) atoms. The monoisotopic (exact) mass is 452 g/mol. The Hall–Kier alpha value is -3.37. The van der Waals surface area contributed by atoms with Crippen LogP contribution in [-0.2, 0) is 13.0 Å². The fourth-order valence-electron chi connectivity index (χ4n) is 2.99. The van der Waals surface area contributed by atoms with Gasteiger partial charge in [0.2, 0.25) is 4.96 Å². The van der Waals surface area contributed by atoms with Crippen LogP contribution in [0.25, 0.3) is 15.5 Å². The summed E-state index contributed by atoms with van der Waals surface area (Å²) in [4.78, 5) is 13.2. The molecule has 0 radical (unpaired) electrons. The van der Waals surface area contributed by atoms with Gasteiger partial charge in [0.15, 0.2) is 10.9 Å². The SMILES string of the molecule is CCc1nnc2sc(-c3ccc(CNC(=S)NC(=O)c4ccccc4OC)cc3)nn12. The van der Waals surface area contributed by atoms with Crippen LogP contribution in [0.2, 0.25) is 0 Å². The zero-order valence-electron chi connectivity index (χ0n) is 17.0. The Morgan fingerprint density at radius 1 is 1.16 bits per heavy atom. The van der Waals surface area contributed by atoms with E-state index in [1.807, 2.05) is 31.2 Å². The number of thiocarbonyl (C=S) groups is 1. The van der Waals surface area contributed by atoms with Crippen molar-refractivity contribution in [1.29, 1.82) is 0 Å². The van der Waals surface area contributed by atoms with E-state index in [1.54, 1.807) is 28.8 Å². The molecule has 0 saturated carbocycles. The molecule has 8 nitrogen and oxygen atoms in total. The Morgan fingerprint density at radius 3 is 2.68 bits per heavy atom. The van der Waals surface area contributed by atoms with E-state index in [1.165, 1.54) is 18.4 Å². The third kappa shape index (κ3) is 4.54. The van der Waals surface area contributed by atoms with Gasteiger partial charge in [-0.3, -0.25) is 10.1 Å². The van der Waals surface area contributed by atoms with Crippen LogP contribution >= 0.6 is 23.6 Å². The lowest BCUT2D eigenvalue weighted by Gasteiger charge is -2.11. The average molecular weight is 453 g/mol. The number of amides is 1. The van der Waals surface area contributed by atoms with Gasteiger partial charge in [-0.05, 0) is 29.9 Å². The minimum absolute atomic E-state index is 0.251. The van der Waals surface area contributed by atoms with Crippen molar-refractivity contribution in [2.45, 2.75) is 19.9 Å². The van der Waals surface area contributed by atoms with Crippen molar-refractivity contribution in [3.8, 4) is 16.3 Å². The molecule has 158 valence electrons. The van der Waals surface area contributed by atoms with E-state index in [0.717, 1.165) is 33.3 Å². The molecule has 10 heteroatoms. The normalized spacial score (nSPS) is 10.8. The molecule has 2 aromatic carbocycles. The lowest BCUT2D eigenvalue weighted by molar-refractivity contribution is 0.0973. The number of aryl methyl sites for hydroxylation is 1. The first-order chi connectivity index (χ1) is 15.1. The van der Waals surface area contributed by atoms with E-state index in [2.05, 4.69) is 25.9 Å². The molecule has 0 aliphatic rings. The van der Waals surface area contributed by atoms with Crippen LogP contribution in [0.5, 0.6) is 5.75 Å². The molecule has 2 aromatic heterocycles. The van der Waals surface area contributed by atoms with Crippen molar-refractivity contribution in [1.82, 2.24) is 30.4 Å². The molecule has 4 aromatic rings. The highest BCUT2D eigenvalue weighted by molar-refractivity contribution is 7.80. The van der Waals surface area contributed by atoms with E-state index in [9.17, 15) is 4.79 Å². The minimum Gasteiger partial charge on any atom is -0.496 e. The van der Waals surface area contributed by atoms with Crippen molar-refractivity contribution in [3.05, 3.63) is 65.5 Å².